The first-order chi connectivity index (χ1) is 13.9. The topological polar surface area (TPSA) is 92.8 Å². The molecule has 1 aliphatic carbocycles. The number of hydrogen-bond acceptors (Lipinski definition) is 5. The van der Waals surface area contributed by atoms with E-state index in [0.29, 0.717) is 11.4 Å². The fourth-order valence-electron chi connectivity index (χ4n) is 3.72. The van der Waals surface area contributed by atoms with Gasteiger partial charge in [0.2, 0.25) is 0 Å². The molecule has 2 aromatic rings. The lowest BCUT2D eigenvalue weighted by molar-refractivity contribution is -0.152. The number of amides is 2. The second-order valence-electron chi connectivity index (χ2n) is 7.20. The van der Waals surface area contributed by atoms with Crippen LogP contribution < -0.4 is 10.2 Å². The minimum absolute atomic E-state index is 0.257. The SMILES string of the molecule is C[C@H](OC(=O)CN1C(=O)C(=O)c2ccccc21)C(=O)Nc1ccc2c(c1)CCC2. The Bertz CT molecular complexity index is 1030. The van der Waals surface area contributed by atoms with E-state index in [-0.39, 0.29) is 5.56 Å². The molecule has 0 radical (unpaired) electrons. The lowest BCUT2D eigenvalue weighted by Crippen LogP contribution is -2.38. The molecule has 1 atom stereocenters. The molecule has 0 bridgehead atoms. The molecule has 7 heteroatoms. The van der Waals surface area contributed by atoms with E-state index in [1.54, 1.807) is 18.2 Å². The maximum absolute atomic E-state index is 12.4. The predicted octanol–water partition coefficient (Wildman–Crippen LogP) is 2.27. The third kappa shape index (κ3) is 3.63. The Kier molecular flexibility index (Phi) is 4.88. The van der Waals surface area contributed by atoms with E-state index in [2.05, 4.69) is 5.32 Å². The molecular weight excluding hydrogens is 372 g/mol. The Morgan fingerprint density at radius 1 is 1.10 bits per heavy atom. The number of aryl methyl sites for hydroxylation is 2. The third-order valence-electron chi connectivity index (χ3n) is 5.21. The summed E-state index contributed by atoms with van der Waals surface area (Å²) in [4.78, 5) is 49.9. The van der Waals surface area contributed by atoms with Gasteiger partial charge in [-0.2, -0.15) is 0 Å². The zero-order chi connectivity index (χ0) is 20.5. The number of hydrogen-bond donors (Lipinski definition) is 1. The molecule has 1 heterocycles. The first-order valence-electron chi connectivity index (χ1n) is 9.51. The van der Waals surface area contributed by atoms with Gasteiger partial charge in [-0.1, -0.05) is 18.2 Å². The van der Waals surface area contributed by atoms with Crippen molar-refractivity contribution in [2.75, 3.05) is 16.8 Å². The predicted molar refractivity (Wildman–Crippen MR) is 106 cm³/mol. The molecule has 1 N–H and O–H groups in total. The normalized spacial score (nSPS) is 15.7. The molecule has 2 aliphatic rings. The fraction of sp³-hybridized carbons (Fsp3) is 0.273. The monoisotopic (exact) mass is 392 g/mol. The number of nitrogens with zero attached hydrogens (tertiary/aromatic N) is 1. The number of carbonyl (C=O) groups is 4. The summed E-state index contributed by atoms with van der Waals surface area (Å²) < 4.78 is 5.18. The number of carbonyl (C=O) groups excluding carboxylic acids is 4. The van der Waals surface area contributed by atoms with Crippen LogP contribution in [0.2, 0.25) is 0 Å². The Hall–Kier alpha value is -3.48. The zero-order valence-electron chi connectivity index (χ0n) is 15.9. The van der Waals surface area contributed by atoms with Crippen LogP contribution >= 0.6 is 0 Å². The van der Waals surface area contributed by atoms with Gasteiger partial charge in [0.25, 0.3) is 17.6 Å². The minimum atomic E-state index is -1.04. The van der Waals surface area contributed by atoms with Crippen LogP contribution in [0.25, 0.3) is 0 Å². The number of Topliss-reactive ketones (excluding diaryl/α,β-unsaturated/α-hetero) is 1. The molecule has 7 nitrogen and oxygen atoms in total. The summed E-state index contributed by atoms with van der Waals surface area (Å²) in [5, 5.41) is 2.75. The third-order valence-corrected chi connectivity index (χ3v) is 5.21. The highest BCUT2D eigenvalue weighted by Gasteiger charge is 2.37. The van der Waals surface area contributed by atoms with Crippen LogP contribution in [0.15, 0.2) is 42.5 Å². The van der Waals surface area contributed by atoms with Crippen molar-refractivity contribution in [1.29, 1.82) is 0 Å². The van der Waals surface area contributed by atoms with Crippen LogP contribution in [-0.2, 0) is 32.0 Å². The van der Waals surface area contributed by atoms with Crippen LogP contribution in [0.3, 0.4) is 0 Å². The molecule has 0 unspecified atom stereocenters. The summed E-state index contributed by atoms with van der Waals surface area (Å²) in [7, 11) is 0. The van der Waals surface area contributed by atoms with Gasteiger partial charge in [-0.25, -0.2) is 0 Å². The summed E-state index contributed by atoms with van der Waals surface area (Å²) in [6, 6.07) is 12.2. The Morgan fingerprint density at radius 3 is 2.69 bits per heavy atom. The molecule has 0 spiro atoms. The second-order valence-corrected chi connectivity index (χ2v) is 7.20. The minimum Gasteiger partial charge on any atom is -0.451 e. The van der Waals surface area contributed by atoms with Crippen LogP contribution in [0, 0.1) is 0 Å². The Balaban J connectivity index is 1.36. The number of nitrogens with one attached hydrogen (secondary N) is 1. The van der Waals surface area contributed by atoms with Crippen LogP contribution in [0.5, 0.6) is 0 Å². The quantitative estimate of drug-likeness (QED) is 0.622. The van der Waals surface area contributed by atoms with Gasteiger partial charge in [0.1, 0.15) is 6.54 Å². The van der Waals surface area contributed by atoms with Crippen LogP contribution in [0.4, 0.5) is 11.4 Å². The van der Waals surface area contributed by atoms with E-state index >= 15 is 0 Å². The number of benzene rings is 2. The molecule has 0 saturated carbocycles. The highest BCUT2D eigenvalue weighted by molar-refractivity contribution is 6.52. The number of rotatable bonds is 5. The van der Waals surface area contributed by atoms with Crippen molar-refractivity contribution in [2.24, 2.45) is 0 Å². The molecule has 0 saturated heterocycles. The number of fused-ring (bicyclic) bond motifs is 2. The molecule has 0 fully saturated rings. The number of ketones is 1. The largest absolute Gasteiger partial charge is 0.451 e. The van der Waals surface area contributed by atoms with Crippen molar-refractivity contribution in [1.82, 2.24) is 0 Å². The molecule has 2 amide bonds. The highest BCUT2D eigenvalue weighted by atomic mass is 16.5. The van der Waals surface area contributed by atoms with Gasteiger partial charge < -0.3 is 10.1 Å². The summed E-state index contributed by atoms with van der Waals surface area (Å²) in [5.41, 5.74) is 3.81. The number of esters is 1. The lowest BCUT2D eigenvalue weighted by Gasteiger charge is -2.18. The van der Waals surface area contributed by atoms with Crippen molar-refractivity contribution >= 4 is 34.9 Å². The van der Waals surface area contributed by atoms with E-state index in [4.69, 9.17) is 4.74 Å². The Labute approximate surface area is 167 Å². The fourth-order valence-corrected chi connectivity index (χ4v) is 3.72. The molecular formula is C22H20N2O5. The second kappa shape index (κ2) is 7.50. The Morgan fingerprint density at radius 2 is 1.86 bits per heavy atom. The van der Waals surface area contributed by atoms with Crippen molar-refractivity contribution in [3.05, 3.63) is 59.2 Å². The van der Waals surface area contributed by atoms with Crippen molar-refractivity contribution in [2.45, 2.75) is 32.3 Å². The summed E-state index contributed by atoms with van der Waals surface area (Å²) in [6.45, 7) is 1.03. The van der Waals surface area contributed by atoms with E-state index < -0.39 is 36.2 Å². The zero-order valence-corrected chi connectivity index (χ0v) is 15.9. The van der Waals surface area contributed by atoms with Crippen molar-refractivity contribution in [3.63, 3.8) is 0 Å². The van der Waals surface area contributed by atoms with Gasteiger partial charge in [0.05, 0.1) is 11.3 Å². The maximum atomic E-state index is 12.4. The summed E-state index contributed by atoms with van der Waals surface area (Å²) in [6.07, 6.45) is 2.12. The first kappa shape index (κ1) is 18.9. The van der Waals surface area contributed by atoms with Gasteiger partial charge in [-0.05, 0) is 61.6 Å². The van der Waals surface area contributed by atoms with Gasteiger partial charge in [-0.3, -0.25) is 24.1 Å². The number of para-hydroxylation sites is 1. The van der Waals surface area contributed by atoms with Crippen molar-refractivity contribution in [3.8, 4) is 0 Å². The molecule has 0 aromatic heterocycles. The van der Waals surface area contributed by atoms with Gasteiger partial charge >= 0.3 is 5.97 Å². The van der Waals surface area contributed by atoms with Gasteiger partial charge in [0, 0.05) is 5.69 Å². The smallest absolute Gasteiger partial charge is 0.326 e. The standard InChI is InChI=1S/C22H20N2O5/c1-13(21(27)23-16-10-9-14-5-4-6-15(14)11-16)29-19(25)12-24-18-8-3-2-7-17(18)20(26)22(24)28/h2-3,7-11,13H,4-6,12H2,1H3,(H,23,27)/t13-/m0/s1. The average Bonchev–Trinajstić information content (AvgIpc) is 3.26. The maximum Gasteiger partial charge on any atom is 0.326 e. The van der Waals surface area contributed by atoms with Gasteiger partial charge in [-0.15, -0.1) is 0 Å². The van der Waals surface area contributed by atoms with Crippen LogP contribution in [0.1, 0.15) is 34.8 Å². The number of ether oxygens (including phenoxy) is 1. The van der Waals surface area contributed by atoms with E-state index in [0.717, 1.165) is 24.2 Å². The first-order valence-corrected chi connectivity index (χ1v) is 9.51. The summed E-state index contributed by atoms with van der Waals surface area (Å²) in [5.74, 6) is -2.66. The average molecular weight is 392 g/mol. The van der Waals surface area contributed by atoms with E-state index in [9.17, 15) is 19.2 Å². The van der Waals surface area contributed by atoms with E-state index in [1.165, 1.54) is 24.1 Å². The molecule has 29 heavy (non-hydrogen) atoms. The van der Waals surface area contributed by atoms with Gasteiger partial charge in [0.15, 0.2) is 6.10 Å². The molecule has 148 valence electrons. The molecule has 1 aliphatic heterocycles. The number of anilines is 2. The lowest BCUT2D eigenvalue weighted by atomic mass is 10.1. The highest BCUT2D eigenvalue weighted by Crippen LogP contribution is 2.28. The summed E-state index contributed by atoms with van der Waals surface area (Å²) >= 11 is 0. The van der Waals surface area contributed by atoms with E-state index in [1.807, 2.05) is 18.2 Å². The van der Waals surface area contributed by atoms with Crippen molar-refractivity contribution < 1.29 is 23.9 Å². The molecule has 2 aromatic carbocycles. The molecule has 4 rings (SSSR count). The van der Waals surface area contributed by atoms with Crippen LogP contribution in [-0.4, -0.2) is 36.2 Å².